The molecule has 1 aromatic carbocycles. The van der Waals surface area contributed by atoms with Crippen molar-refractivity contribution >= 4 is 16.6 Å². The largest absolute Gasteiger partial charge is 0.384 e. The molecule has 2 aromatic rings. The third-order valence-electron chi connectivity index (χ3n) is 3.33. The summed E-state index contributed by atoms with van der Waals surface area (Å²) < 4.78 is 14.1. The first kappa shape index (κ1) is 12.8. The monoisotopic (exact) mass is 246 g/mol. The second kappa shape index (κ2) is 4.92. The molecule has 96 valence electrons. The Balaban J connectivity index is 2.79. The summed E-state index contributed by atoms with van der Waals surface area (Å²) in [4.78, 5) is 4.52. The van der Waals surface area contributed by atoms with Crippen molar-refractivity contribution < 1.29 is 4.39 Å². The van der Waals surface area contributed by atoms with Crippen LogP contribution < -0.4 is 5.32 Å². The number of benzene rings is 1. The molecule has 0 unspecified atom stereocenters. The molecule has 1 heterocycles. The maximum atomic E-state index is 14.1. The van der Waals surface area contributed by atoms with Crippen LogP contribution in [0.2, 0.25) is 0 Å². The molecule has 0 bridgehead atoms. The average molecular weight is 246 g/mol. The lowest BCUT2D eigenvalue weighted by Gasteiger charge is -2.15. The minimum atomic E-state index is -0.204. The van der Waals surface area contributed by atoms with Crippen molar-refractivity contribution in [3.63, 3.8) is 0 Å². The van der Waals surface area contributed by atoms with E-state index >= 15 is 0 Å². The van der Waals surface area contributed by atoms with Crippen LogP contribution in [0.5, 0.6) is 0 Å². The Hall–Kier alpha value is -1.64. The number of aryl methyl sites for hydroxylation is 2. The van der Waals surface area contributed by atoms with E-state index in [2.05, 4.69) is 17.2 Å². The molecule has 18 heavy (non-hydrogen) atoms. The van der Waals surface area contributed by atoms with E-state index < -0.39 is 0 Å². The maximum absolute atomic E-state index is 14.1. The highest BCUT2D eigenvalue weighted by Crippen LogP contribution is 2.31. The average Bonchev–Trinajstić information content (AvgIpc) is 2.35. The fourth-order valence-corrected chi connectivity index (χ4v) is 2.14. The summed E-state index contributed by atoms with van der Waals surface area (Å²) in [6.07, 6.45) is 1.01. The van der Waals surface area contributed by atoms with Gasteiger partial charge in [-0.3, -0.25) is 4.98 Å². The van der Waals surface area contributed by atoms with E-state index in [1.165, 1.54) is 6.07 Å². The molecule has 0 aliphatic rings. The van der Waals surface area contributed by atoms with E-state index in [9.17, 15) is 4.39 Å². The molecule has 2 rings (SSSR count). The summed E-state index contributed by atoms with van der Waals surface area (Å²) in [6, 6.07) is 3.30. The number of hydrogen-bond donors (Lipinski definition) is 1. The van der Waals surface area contributed by atoms with Crippen LogP contribution in [0.4, 0.5) is 10.1 Å². The fourth-order valence-electron chi connectivity index (χ4n) is 2.14. The molecule has 0 atom stereocenters. The molecule has 0 spiro atoms. The van der Waals surface area contributed by atoms with Gasteiger partial charge < -0.3 is 5.32 Å². The zero-order valence-electron chi connectivity index (χ0n) is 11.4. The molecule has 0 aliphatic carbocycles. The molecule has 0 saturated heterocycles. The molecular formula is C15H19FN2. The second-order valence-electron chi connectivity index (χ2n) is 4.71. The Morgan fingerprint density at radius 3 is 2.61 bits per heavy atom. The van der Waals surface area contributed by atoms with E-state index in [-0.39, 0.29) is 5.82 Å². The summed E-state index contributed by atoms with van der Waals surface area (Å²) >= 11 is 0. The summed E-state index contributed by atoms with van der Waals surface area (Å²) in [7, 11) is 0. The molecule has 0 amide bonds. The van der Waals surface area contributed by atoms with Crippen LogP contribution in [0.25, 0.3) is 10.9 Å². The summed E-state index contributed by atoms with van der Waals surface area (Å²) in [6.45, 7) is 8.86. The van der Waals surface area contributed by atoms with Gasteiger partial charge >= 0.3 is 0 Å². The van der Waals surface area contributed by atoms with Gasteiger partial charge in [-0.1, -0.05) is 13.0 Å². The van der Waals surface area contributed by atoms with Gasteiger partial charge in [-0.2, -0.15) is 0 Å². The first-order valence-electron chi connectivity index (χ1n) is 6.36. The molecule has 0 fully saturated rings. The highest BCUT2D eigenvalue weighted by atomic mass is 19.1. The third kappa shape index (κ3) is 2.05. The van der Waals surface area contributed by atoms with Crippen LogP contribution in [-0.2, 0) is 0 Å². The van der Waals surface area contributed by atoms with Crippen molar-refractivity contribution in [3.05, 3.63) is 34.8 Å². The third-order valence-corrected chi connectivity index (χ3v) is 3.33. The summed E-state index contributed by atoms with van der Waals surface area (Å²) in [5, 5.41) is 3.95. The number of nitrogens with one attached hydrogen (secondary N) is 1. The lowest BCUT2D eigenvalue weighted by Crippen LogP contribution is -2.06. The standard InChI is InChI=1S/C15H19FN2/c1-5-8-17-15-10(3)11(4)18-14-9(2)6-7-12(16)13(14)15/h6-7H,5,8H2,1-4H3,(H,17,18). The van der Waals surface area contributed by atoms with Gasteiger partial charge in [-0.05, 0) is 44.4 Å². The van der Waals surface area contributed by atoms with Crippen LogP contribution in [0.3, 0.4) is 0 Å². The first-order chi connectivity index (χ1) is 8.56. The van der Waals surface area contributed by atoms with Crippen molar-refractivity contribution in [2.45, 2.75) is 34.1 Å². The smallest absolute Gasteiger partial charge is 0.134 e. The van der Waals surface area contributed by atoms with E-state index in [4.69, 9.17) is 0 Å². The number of nitrogens with zero attached hydrogens (tertiary/aromatic N) is 1. The Labute approximate surface area is 107 Å². The first-order valence-corrected chi connectivity index (χ1v) is 6.36. The second-order valence-corrected chi connectivity index (χ2v) is 4.71. The van der Waals surface area contributed by atoms with Crippen LogP contribution in [0.1, 0.15) is 30.2 Å². The van der Waals surface area contributed by atoms with Crippen molar-refractivity contribution in [1.29, 1.82) is 0 Å². The zero-order chi connectivity index (χ0) is 13.3. The number of aromatic nitrogens is 1. The SMILES string of the molecule is CCCNc1c(C)c(C)nc2c(C)ccc(F)c12. The Bertz CT molecular complexity index is 591. The van der Waals surface area contributed by atoms with Crippen molar-refractivity contribution in [3.8, 4) is 0 Å². The zero-order valence-corrected chi connectivity index (χ0v) is 11.4. The van der Waals surface area contributed by atoms with Gasteiger partial charge in [0, 0.05) is 12.2 Å². The van der Waals surface area contributed by atoms with E-state index in [0.29, 0.717) is 5.39 Å². The van der Waals surface area contributed by atoms with Gasteiger partial charge in [0.25, 0.3) is 0 Å². The van der Waals surface area contributed by atoms with Gasteiger partial charge in [-0.25, -0.2) is 4.39 Å². The number of hydrogen-bond acceptors (Lipinski definition) is 2. The number of halogens is 1. The van der Waals surface area contributed by atoms with E-state index in [1.54, 1.807) is 6.07 Å². The van der Waals surface area contributed by atoms with Gasteiger partial charge in [-0.15, -0.1) is 0 Å². The van der Waals surface area contributed by atoms with Crippen molar-refractivity contribution in [1.82, 2.24) is 4.98 Å². The number of anilines is 1. The molecular weight excluding hydrogens is 227 g/mol. The van der Waals surface area contributed by atoms with Crippen LogP contribution in [0, 0.1) is 26.6 Å². The van der Waals surface area contributed by atoms with Crippen LogP contribution in [-0.4, -0.2) is 11.5 Å². The van der Waals surface area contributed by atoms with Crippen LogP contribution in [0.15, 0.2) is 12.1 Å². The number of pyridine rings is 1. The highest BCUT2D eigenvalue weighted by molar-refractivity contribution is 5.95. The summed E-state index contributed by atoms with van der Waals surface area (Å²) in [5.41, 5.74) is 4.64. The fraction of sp³-hybridized carbons (Fsp3) is 0.400. The number of rotatable bonds is 3. The van der Waals surface area contributed by atoms with Crippen LogP contribution >= 0.6 is 0 Å². The minimum Gasteiger partial charge on any atom is -0.384 e. The molecule has 2 nitrogen and oxygen atoms in total. The highest BCUT2D eigenvalue weighted by Gasteiger charge is 2.14. The van der Waals surface area contributed by atoms with Gasteiger partial charge in [0.1, 0.15) is 5.82 Å². The Morgan fingerprint density at radius 2 is 1.94 bits per heavy atom. The molecule has 0 aliphatic heterocycles. The molecule has 1 aromatic heterocycles. The van der Waals surface area contributed by atoms with Gasteiger partial charge in [0.05, 0.1) is 16.6 Å². The molecule has 0 saturated carbocycles. The normalized spacial score (nSPS) is 10.9. The molecule has 1 N–H and O–H groups in total. The quantitative estimate of drug-likeness (QED) is 0.881. The summed E-state index contributed by atoms with van der Waals surface area (Å²) in [5.74, 6) is -0.204. The topological polar surface area (TPSA) is 24.9 Å². The van der Waals surface area contributed by atoms with Crippen molar-refractivity contribution in [2.75, 3.05) is 11.9 Å². The van der Waals surface area contributed by atoms with Gasteiger partial charge in [0.15, 0.2) is 0 Å². The predicted octanol–water partition coefficient (Wildman–Crippen LogP) is 4.12. The predicted molar refractivity (Wildman–Crippen MR) is 74.7 cm³/mol. The molecule has 3 heteroatoms. The van der Waals surface area contributed by atoms with Crippen molar-refractivity contribution in [2.24, 2.45) is 0 Å². The van der Waals surface area contributed by atoms with E-state index in [1.807, 2.05) is 20.8 Å². The Kier molecular flexibility index (Phi) is 3.50. The number of fused-ring (bicyclic) bond motifs is 1. The lowest BCUT2D eigenvalue weighted by molar-refractivity contribution is 0.639. The van der Waals surface area contributed by atoms with E-state index in [0.717, 1.165) is 41.0 Å². The van der Waals surface area contributed by atoms with Gasteiger partial charge in [0.2, 0.25) is 0 Å². The Morgan fingerprint density at radius 1 is 1.22 bits per heavy atom. The minimum absolute atomic E-state index is 0.204. The lowest BCUT2D eigenvalue weighted by atomic mass is 10.0. The molecule has 0 radical (unpaired) electrons. The maximum Gasteiger partial charge on any atom is 0.134 e.